The van der Waals surface area contributed by atoms with E-state index in [2.05, 4.69) is 4.18 Å². The van der Waals surface area contributed by atoms with E-state index in [-0.39, 0.29) is 6.61 Å². The highest BCUT2D eigenvalue weighted by molar-refractivity contribution is 7.89. The van der Waals surface area contributed by atoms with Crippen LogP contribution in [0.4, 0.5) is 0 Å². The van der Waals surface area contributed by atoms with Crippen molar-refractivity contribution in [3.63, 3.8) is 0 Å². The normalized spacial score (nSPS) is 12.8. The van der Waals surface area contributed by atoms with Gasteiger partial charge in [0.2, 0.25) is 0 Å². The van der Waals surface area contributed by atoms with Gasteiger partial charge >= 0.3 is 0 Å². The van der Waals surface area contributed by atoms with Crippen molar-refractivity contribution in [3.8, 4) is 0 Å². The van der Waals surface area contributed by atoms with Crippen LogP contribution in [0.2, 0.25) is 5.02 Å². The molecule has 5 heteroatoms. The van der Waals surface area contributed by atoms with Crippen molar-refractivity contribution in [2.75, 3.05) is 6.61 Å². The lowest BCUT2D eigenvalue weighted by Gasteiger charge is -2.02. The van der Waals surface area contributed by atoms with Crippen molar-refractivity contribution in [1.29, 1.82) is 0 Å². The van der Waals surface area contributed by atoms with Crippen LogP contribution in [0.1, 0.15) is 19.4 Å². The molecule has 3 nitrogen and oxygen atoms in total. The Balaban J connectivity index is 2.98. The maximum absolute atomic E-state index is 11.4. The Hall–Kier alpha value is -0.840. The van der Waals surface area contributed by atoms with Crippen LogP contribution in [-0.4, -0.2) is 15.0 Å². The van der Waals surface area contributed by atoms with E-state index in [9.17, 15) is 8.42 Å². The Morgan fingerprint density at radius 3 is 2.44 bits per heavy atom. The number of hydrogen-bond acceptors (Lipinski definition) is 3. The first-order chi connectivity index (χ1) is 7.44. The van der Waals surface area contributed by atoms with Gasteiger partial charge in [-0.2, -0.15) is 8.42 Å². The van der Waals surface area contributed by atoms with Crippen LogP contribution in [0.25, 0.3) is 5.57 Å². The van der Waals surface area contributed by atoms with Crippen LogP contribution in [0.3, 0.4) is 0 Å². The van der Waals surface area contributed by atoms with Gasteiger partial charge in [0.1, 0.15) is 0 Å². The average molecular weight is 261 g/mol. The van der Waals surface area contributed by atoms with Crippen LogP contribution in [-0.2, 0) is 14.3 Å². The summed E-state index contributed by atoms with van der Waals surface area (Å²) in [5.74, 6) is 0. The van der Waals surface area contributed by atoms with E-state index in [1.165, 1.54) is 0 Å². The van der Waals surface area contributed by atoms with E-state index in [0.29, 0.717) is 10.6 Å². The highest BCUT2D eigenvalue weighted by atomic mass is 35.5. The van der Waals surface area contributed by atoms with Gasteiger partial charge in [-0.1, -0.05) is 23.7 Å². The molecular weight excluding hydrogens is 248 g/mol. The SMILES string of the molecule is CCOS(=O)(=O)/C=C(\C)c1ccc(Cl)cc1. The molecule has 88 valence electrons. The van der Waals surface area contributed by atoms with Gasteiger partial charge in [-0.3, -0.25) is 4.18 Å². The quantitative estimate of drug-likeness (QED) is 0.782. The summed E-state index contributed by atoms with van der Waals surface area (Å²) >= 11 is 5.74. The standard InChI is InChI=1S/C11H13ClO3S/c1-3-15-16(13,14)8-9(2)10-4-6-11(12)7-5-10/h4-8H,3H2,1-2H3/b9-8+. The lowest BCUT2D eigenvalue weighted by atomic mass is 10.1. The fourth-order valence-corrected chi connectivity index (χ4v) is 2.29. The first kappa shape index (κ1) is 13.2. The van der Waals surface area contributed by atoms with Crippen LogP contribution in [0.15, 0.2) is 29.7 Å². The predicted molar refractivity (Wildman–Crippen MR) is 65.6 cm³/mol. The second kappa shape index (κ2) is 5.48. The molecule has 0 amide bonds. The summed E-state index contributed by atoms with van der Waals surface area (Å²) in [6, 6.07) is 6.94. The third-order valence-corrected chi connectivity index (χ3v) is 3.36. The summed E-state index contributed by atoms with van der Waals surface area (Å²) < 4.78 is 27.3. The van der Waals surface area contributed by atoms with Gasteiger partial charge in [-0.05, 0) is 37.1 Å². The van der Waals surface area contributed by atoms with Gasteiger partial charge in [-0.15, -0.1) is 0 Å². The summed E-state index contributed by atoms with van der Waals surface area (Å²) in [6.07, 6.45) is 0. The molecule has 0 heterocycles. The molecule has 0 radical (unpaired) electrons. The number of halogens is 1. The Morgan fingerprint density at radius 2 is 1.94 bits per heavy atom. The first-order valence-electron chi connectivity index (χ1n) is 4.78. The van der Waals surface area contributed by atoms with Crippen molar-refractivity contribution < 1.29 is 12.6 Å². The van der Waals surface area contributed by atoms with Crippen molar-refractivity contribution in [3.05, 3.63) is 40.3 Å². The van der Waals surface area contributed by atoms with E-state index in [1.807, 2.05) is 0 Å². The molecule has 1 aromatic carbocycles. The van der Waals surface area contributed by atoms with Gasteiger partial charge in [-0.25, -0.2) is 0 Å². The van der Waals surface area contributed by atoms with Gasteiger partial charge in [0, 0.05) is 5.02 Å². The van der Waals surface area contributed by atoms with E-state index in [1.54, 1.807) is 38.1 Å². The highest BCUT2D eigenvalue weighted by Crippen LogP contribution is 2.18. The van der Waals surface area contributed by atoms with Crippen LogP contribution in [0, 0.1) is 0 Å². The fraction of sp³-hybridized carbons (Fsp3) is 0.273. The van der Waals surface area contributed by atoms with Gasteiger partial charge < -0.3 is 0 Å². The minimum Gasteiger partial charge on any atom is -0.267 e. The molecule has 0 aliphatic heterocycles. The fourth-order valence-electron chi connectivity index (χ4n) is 1.20. The molecule has 0 atom stereocenters. The molecule has 16 heavy (non-hydrogen) atoms. The van der Waals surface area contributed by atoms with Crippen molar-refractivity contribution in [1.82, 2.24) is 0 Å². The Labute approximate surface area is 101 Å². The molecule has 0 aromatic heterocycles. The Morgan fingerprint density at radius 1 is 1.38 bits per heavy atom. The second-order valence-corrected chi connectivity index (χ2v) is 5.10. The largest absolute Gasteiger partial charge is 0.290 e. The zero-order chi connectivity index (χ0) is 12.2. The molecular formula is C11H13ClO3S. The number of allylic oxidation sites excluding steroid dienone is 1. The third-order valence-electron chi connectivity index (χ3n) is 1.90. The first-order valence-corrected chi connectivity index (χ1v) is 6.63. The minimum atomic E-state index is -3.58. The monoisotopic (exact) mass is 260 g/mol. The molecule has 0 saturated heterocycles. The molecule has 0 N–H and O–H groups in total. The van der Waals surface area contributed by atoms with Crippen LogP contribution >= 0.6 is 11.6 Å². The molecule has 0 aliphatic carbocycles. The topological polar surface area (TPSA) is 43.4 Å². The molecule has 0 fully saturated rings. The molecule has 1 aromatic rings. The summed E-state index contributed by atoms with van der Waals surface area (Å²) in [5, 5.41) is 1.73. The van der Waals surface area contributed by atoms with Crippen molar-refractivity contribution in [2.24, 2.45) is 0 Å². The smallest absolute Gasteiger partial charge is 0.267 e. The zero-order valence-electron chi connectivity index (χ0n) is 9.10. The number of hydrogen-bond donors (Lipinski definition) is 0. The maximum atomic E-state index is 11.4. The molecule has 0 spiro atoms. The molecule has 0 saturated carbocycles. The molecule has 0 unspecified atom stereocenters. The molecule has 0 bridgehead atoms. The van der Waals surface area contributed by atoms with E-state index >= 15 is 0 Å². The van der Waals surface area contributed by atoms with E-state index in [4.69, 9.17) is 11.6 Å². The van der Waals surface area contributed by atoms with Gasteiger partial charge in [0.15, 0.2) is 0 Å². The third kappa shape index (κ3) is 3.96. The second-order valence-electron chi connectivity index (χ2n) is 3.21. The average Bonchev–Trinajstić information content (AvgIpc) is 2.17. The predicted octanol–water partition coefficient (Wildman–Crippen LogP) is 3.07. The van der Waals surface area contributed by atoms with Gasteiger partial charge in [0.05, 0.1) is 12.0 Å². The van der Waals surface area contributed by atoms with Crippen molar-refractivity contribution in [2.45, 2.75) is 13.8 Å². The summed E-state index contributed by atoms with van der Waals surface area (Å²) in [5.41, 5.74) is 1.41. The molecule has 1 rings (SSSR count). The Kier molecular flexibility index (Phi) is 4.53. The van der Waals surface area contributed by atoms with E-state index in [0.717, 1.165) is 11.0 Å². The van der Waals surface area contributed by atoms with Gasteiger partial charge in [0.25, 0.3) is 10.1 Å². The zero-order valence-corrected chi connectivity index (χ0v) is 10.7. The minimum absolute atomic E-state index is 0.132. The number of benzene rings is 1. The number of rotatable bonds is 4. The van der Waals surface area contributed by atoms with Crippen LogP contribution in [0.5, 0.6) is 0 Å². The van der Waals surface area contributed by atoms with Crippen LogP contribution < -0.4 is 0 Å². The maximum Gasteiger partial charge on any atom is 0.290 e. The highest BCUT2D eigenvalue weighted by Gasteiger charge is 2.07. The molecule has 0 aliphatic rings. The summed E-state index contributed by atoms with van der Waals surface area (Å²) in [6.45, 7) is 3.47. The Bertz CT molecular complexity index is 474. The van der Waals surface area contributed by atoms with Crippen molar-refractivity contribution >= 4 is 27.3 Å². The lowest BCUT2D eigenvalue weighted by molar-refractivity contribution is 0.345. The van der Waals surface area contributed by atoms with E-state index < -0.39 is 10.1 Å². The summed E-state index contributed by atoms with van der Waals surface area (Å²) in [4.78, 5) is 0. The lowest BCUT2D eigenvalue weighted by Crippen LogP contribution is -2.01. The summed E-state index contributed by atoms with van der Waals surface area (Å²) in [7, 11) is -3.58.